The van der Waals surface area contributed by atoms with Gasteiger partial charge in [-0.25, -0.2) is 9.18 Å². The number of hydrogen-bond donors (Lipinski definition) is 5. The number of pyridine rings is 1. The van der Waals surface area contributed by atoms with Crippen LogP contribution in [-0.4, -0.2) is 49.1 Å². The molecule has 2 amide bonds. The van der Waals surface area contributed by atoms with Gasteiger partial charge in [0, 0.05) is 41.0 Å². The molecule has 0 spiro atoms. The van der Waals surface area contributed by atoms with E-state index in [2.05, 4.69) is 30.8 Å². The van der Waals surface area contributed by atoms with Gasteiger partial charge in [0.2, 0.25) is 5.91 Å². The van der Waals surface area contributed by atoms with Crippen LogP contribution in [0.25, 0.3) is 22.2 Å². The largest absolute Gasteiger partial charge is 0.477 e. The molecule has 10 nitrogen and oxygen atoms in total. The summed E-state index contributed by atoms with van der Waals surface area (Å²) in [6, 6.07) is 14.6. The summed E-state index contributed by atoms with van der Waals surface area (Å²) in [7, 11) is 0. The summed E-state index contributed by atoms with van der Waals surface area (Å²) in [6.45, 7) is 0. The first-order valence-electron chi connectivity index (χ1n) is 11.6. The lowest BCUT2D eigenvalue weighted by Crippen LogP contribution is -2.45. The fraction of sp³-hybridized carbons (Fsp3) is 0.0741. The third-order valence-corrected chi connectivity index (χ3v) is 6.27. The van der Waals surface area contributed by atoms with Crippen LogP contribution >= 0.6 is 11.6 Å². The van der Waals surface area contributed by atoms with E-state index in [0.29, 0.717) is 16.6 Å². The number of carbonyl (C=O) groups is 3. The second kappa shape index (κ2) is 10.8. The molecule has 196 valence electrons. The van der Waals surface area contributed by atoms with Crippen LogP contribution in [0, 0.1) is 5.82 Å². The van der Waals surface area contributed by atoms with E-state index in [0.717, 1.165) is 5.56 Å². The van der Waals surface area contributed by atoms with Crippen LogP contribution in [0.15, 0.2) is 73.1 Å². The molecule has 5 rings (SSSR count). The Morgan fingerprint density at radius 3 is 2.59 bits per heavy atom. The Hall–Kier alpha value is -5.03. The van der Waals surface area contributed by atoms with Gasteiger partial charge in [0.25, 0.3) is 5.91 Å². The average molecular weight is 547 g/mol. The summed E-state index contributed by atoms with van der Waals surface area (Å²) in [5.74, 6) is -2.90. The summed E-state index contributed by atoms with van der Waals surface area (Å²) in [4.78, 5) is 44.4. The van der Waals surface area contributed by atoms with Crippen molar-refractivity contribution in [2.75, 3.05) is 5.32 Å². The third-order valence-electron chi connectivity index (χ3n) is 5.98. The summed E-state index contributed by atoms with van der Waals surface area (Å²) < 4.78 is 14.4. The molecule has 2 aromatic carbocycles. The highest BCUT2D eigenvalue weighted by Crippen LogP contribution is 2.26. The first kappa shape index (κ1) is 25.6. The average Bonchev–Trinajstić information content (AvgIpc) is 3.58. The SMILES string of the molecule is O=C(O)c1cc2cc(NC(=O)[C@H](Cc3ccncc3)NC(=O)c3cc(-c4cccc(Cl)c4F)n[nH]3)ccc2[nH]1. The molecule has 0 radical (unpaired) electrons. The zero-order valence-electron chi connectivity index (χ0n) is 20.0. The maximum absolute atomic E-state index is 14.4. The number of aromatic carboxylic acids is 1. The standard InChI is InChI=1S/C27H20ClFN6O4/c28-18-3-1-2-17(24(18)29)20-13-22(35-34-20)26(37)33-21(10-14-6-8-30-9-7-14)25(36)31-16-4-5-19-15(11-16)12-23(32-19)27(38)39/h1-9,11-13,21,32H,10H2,(H,31,36)(H,33,37)(H,34,35)(H,38,39)/t21-/m0/s1. The Balaban J connectivity index is 1.37. The van der Waals surface area contributed by atoms with Crippen molar-refractivity contribution in [2.24, 2.45) is 0 Å². The monoisotopic (exact) mass is 546 g/mol. The summed E-state index contributed by atoms with van der Waals surface area (Å²) in [6.07, 6.45) is 3.30. The molecule has 1 atom stereocenters. The van der Waals surface area contributed by atoms with Gasteiger partial charge in [0.05, 0.1) is 10.7 Å². The molecule has 0 bridgehead atoms. The van der Waals surface area contributed by atoms with Crippen molar-refractivity contribution in [3.63, 3.8) is 0 Å². The lowest BCUT2D eigenvalue weighted by Gasteiger charge is -2.18. The number of anilines is 1. The summed E-state index contributed by atoms with van der Waals surface area (Å²) in [5, 5.41) is 21.8. The molecule has 0 aliphatic rings. The van der Waals surface area contributed by atoms with E-state index in [1.807, 2.05) is 0 Å². The molecule has 0 fully saturated rings. The fourth-order valence-electron chi connectivity index (χ4n) is 4.03. The summed E-state index contributed by atoms with van der Waals surface area (Å²) in [5.41, 5.74) is 2.10. The van der Waals surface area contributed by atoms with Crippen molar-refractivity contribution in [3.8, 4) is 11.3 Å². The molecule has 0 aliphatic carbocycles. The molecule has 0 saturated heterocycles. The van der Waals surface area contributed by atoms with Crippen LogP contribution < -0.4 is 10.6 Å². The molecule has 0 unspecified atom stereocenters. The molecule has 0 aliphatic heterocycles. The number of aromatic nitrogens is 4. The number of H-pyrrole nitrogens is 2. The van der Waals surface area contributed by atoms with Gasteiger partial charge in [-0.15, -0.1) is 0 Å². The number of carboxylic acid groups (broad SMARTS) is 1. The Kier molecular flexibility index (Phi) is 7.06. The van der Waals surface area contributed by atoms with Crippen molar-refractivity contribution in [1.29, 1.82) is 0 Å². The van der Waals surface area contributed by atoms with Gasteiger partial charge >= 0.3 is 5.97 Å². The first-order valence-corrected chi connectivity index (χ1v) is 12.0. The van der Waals surface area contributed by atoms with E-state index in [1.165, 1.54) is 24.3 Å². The molecule has 5 aromatic rings. The van der Waals surface area contributed by atoms with E-state index >= 15 is 0 Å². The van der Waals surface area contributed by atoms with Crippen LogP contribution in [0.5, 0.6) is 0 Å². The zero-order chi connectivity index (χ0) is 27.5. The van der Waals surface area contributed by atoms with Crippen LogP contribution in [0.1, 0.15) is 26.5 Å². The number of nitrogens with one attached hydrogen (secondary N) is 4. The number of rotatable bonds is 8. The van der Waals surface area contributed by atoms with Crippen LogP contribution in [0.4, 0.5) is 10.1 Å². The zero-order valence-corrected chi connectivity index (χ0v) is 20.8. The van der Waals surface area contributed by atoms with Crippen LogP contribution in [0.3, 0.4) is 0 Å². The molecule has 3 aromatic heterocycles. The quantitative estimate of drug-likeness (QED) is 0.194. The number of carboxylic acids is 1. The molecule has 0 saturated carbocycles. The molecule has 5 N–H and O–H groups in total. The second-order valence-electron chi connectivity index (χ2n) is 8.63. The number of benzene rings is 2. The van der Waals surface area contributed by atoms with Gasteiger partial charge in [-0.05, 0) is 60.2 Å². The third kappa shape index (κ3) is 5.63. The predicted molar refractivity (Wildman–Crippen MR) is 142 cm³/mol. The van der Waals surface area contributed by atoms with E-state index in [9.17, 15) is 23.9 Å². The molecule has 3 heterocycles. The van der Waals surface area contributed by atoms with Gasteiger partial charge in [-0.2, -0.15) is 5.10 Å². The second-order valence-corrected chi connectivity index (χ2v) is 9.04. The highest BCUT2D eigenvalue weighted by molar-refractivity contribution is 6.31. The number of halogens is 2. The fourth-order valence-corrected chi connectivity index (χ4v) is 4.21. The van der Waals surface area contributed by atoms with E-state index in [-0.39, 0.29) is 34.1 Å². The number of nitrogens with zero attached hydrogens (tertiary/aromatic N) is 2. The number of amides is 2. The Morgan fingerprint density at radius 2 is 1.82 bits per heavy atom. The van der Waals surface area contributed by atoms with Gasteiger partial charge in [0.1, 0.15) is 17.4 Å². The number of carbonyl (C=O) groups excluding carboxylic acids is 2. The Bertz CT molecular complexity index is 1700. The van der Waals surface area contributed by atoms with Crippen molar-refractivity contribution in [2.45, 2.75) is 12.5 Å². The Morgan fingerprint density at radius 1 is 1.03 bits per heavy atom. The highest BCUT2D eigenvalue weighted by atomic mass is 35.5. The lowest BCUT2D eigenvalue weighted by atomic mass is 10.1. The van der Waals surface area contributed by atoms with Gasteiger partial charge in [0.15, 0.2) is 5.82 Å². The van der Waals surface area contributed by atoms with E-state index in [4.69, 9.17) is 11.6 Å². The van der Waals surface area contributed by atoms with Gasteiger partial charge in [-0.3, -0.25) is 19.7 Å². The number of fused-ring (bicyclic) bond motifs is 1. The predicted octanol–water partition coefficient (Wildman–Crippen LogP) is 4.42. The maximum atomic E-state index is 14.4. The van der Waals surface area contributed by atoms with Crippen LogP contribution in [0.2, 0.25) is 5.02 Å². The molecule has 39 heavy (non-hydrogen) atoms. The molecular weight excluding hydrogens is 527 g/mol. The minimum atomic E-state index is -1.10. The smallest absolute Gasteiger partial charge is 0.352 e. The topological polar surface area (TPSA) is 153 Å². The number of aromatic amines is 2. The normalized spacial score (nSPS) is 11.7. The molecule has 12 heteroatoms. The van der Waals surface area contributed by atoms with Crippen molar-refractivity contribution in [3.05, 3.63) is 101 Å². The maximum Gasteiger partial charge on any atom is 0.352 e. The van der Waals surface area contributed by atoms with Crippen molar-refractivity contribution >= 4 is 46.0 Å². The van der Waals surface area contributed by atoms with Gasteiger partial charge in [-0.1, -0.05) is 17.7 Å². The van der Waals surface area contributed by atoms with E-state index < -0.39 is 29.6 Å². The lowest BCUT2D eigenvalue weighted by molar-refractivity contribution is -0.118. The molecular formula is C27H20ClFN6O4. The Labute approximate surface area is 225 Å². The van der Waals surface area contributed by atoms with Crippen molar-refractivity contribution in [1.82, 2.24) is 25.5 Å². The minimum Gasteiger partial charge on any atom is -0.477 e. The highest BCUT2D eigenvalue weighted by Gasteiger charge is 2.24. The summed E-state index contributed by atoms with van der Waals surface area (Å²) >= 11 is 5.86. The number of hydrogen-bond acceptors (Lipinski definition) is 5. The van der Waals surface area contributed by atoms with Crippen LogP contribution in [-0.2, 0) is 11.2 Å². The van der Waals surface area contributed by atoms with Crippen molar-refractivity contribution < 1.29 is 23.9 Å². The first-order chi connectivity index (χ1) is 18.8. The van der Waals surface area contributed by atoms with E-state index in [1.54, 1.807) is 48.8 Å². The minimum absolute atomic E-state index is 0.0202. The van der Waals surface area contributed by atoms with Gasteiger partial charge < -0.3 is 20.7 Å².